The Morgan fingerprint density at radius 3 is 2.69 bits per heavy atom. The molecule has 0 amide bonds. The zero-order chi connectivity index (χ0) is 24.9. The van der Waals surface area contributed by atoms with Gasteiger partial charge in [-0.1, -0.05) is 11.6 Å². The fourth-order valence-electron chi connectivity index (χ4n) is 5.43. The van der Waals surface area contributed by atoms with Gasteiger partial charge in [-0.15, -0.1) is 10.2 Å². The lowest BCUT2D eigenvalue weighted by Gasteiger charge is -2.37. The Morgan fingerprint density at radius 2 is 1.97 bits per heavy atom. The van der Waals surface area contributed by atoms with Gasteiger partial charge in [0, 0.05) is 43.2 Å². The molecule has 6 rings (SSSR count). The second-order valence-corrected chi connectivity index (χ2v) is 10.2. The molecule has 0 N–H and O–H groups in total. The summed E-state index contributed by atoms with van der Waals surface area (Å²) in [5.41, 5.74) is 0.668. The quantitative estimate of drug-likeness (QED) is 0.509. The molecule has 0 spiro atoms. The Kier molecular flexibility index (Phi) is 6.05. The third-order valence-corrected chi connectivity index (χ3v) is 7.44. The van der Waals surface area contributed by atoms with Crippen molar-refractivity contribution in [2.75, 3.05) is 44.9 Å². The second-order valence-electron chi connectivity index (χ2n) is 9.81. The summed E-state index contributed by atoms with van der Waals surface area (Å²) in [6.07, 6.45) is 2.88. The number of hydrogen-bond donors (Lipinski definition) is 0. The van der Waals surface area contributed by atoms with E-state index in [0.717, 1.165) is 48.8 Å². The average molecular weight is 517 g/mol. The fraction of sp³-hybridized carbons (Fsp3) is 0.480. The van der Waals surface area contributed by atoms with Gasteiger partial charge in [-0.2, -0.15) is 0 Å². The summed E-state index contributed by atoms with van der Waals surface area (Å²) in [6, 6.07) is 7.17. The molecular formula is C25H27ClF2N6O2. The van der Waals surface area contributed by atoms with Gasteiger partial charge >= 0.3 is 0 Å². The van der Waals surface area contributed by atoms with Gasteiger partial charge < -0.3 is 14.4 Å². The number of piperidine rings is 1. The Labute approximate surface area is 212 Å². The lowest BCUT2D eigenvalue weighted by Crippen LogP contribution is -2.53. The first-order chi connectivity index (χ1) is 17.4. The molecule has 190 valence electrons. The van der Waals surface area contributed by atoms with Crippen molar-refractivity contribution in [3.05, 3.63) is 58.5 Å². The highest BCUT2D eigenvalue weighted by Crippen LogP contribution is 2.36. The molecule has 0 bridgehead atoms. The summed E-state index contributed by atoms with van der Waals surface area (Å²) in [5.74, 6) is 2.52. The molecule has 0 atom stereocenters. The minimum atomic E-state index is -1.33. The maximum atomic E-state index is 14.9. The van der Waals surface area contributed by atoms with E-state index in [1.165, 1.54) is 19.4 Å². The number of benzene rings is 1. The first-order valence-corrected chi connectivity index (χ1v) is 12.5. The van der Waals surface area contributed by atoms with Crippen molar-refractivity contribution in [3.63, 3.8) is 0 Å². The number of alkyl halides is 1. The van der Waals surface area contributed by atoms with Crippen LogP contribution in [0.1, 0.15) is 36.0 Å². The van der Waals surface area contributed by atoms with E-state index in [0.29, 0.717) is 29.7 Å². The number of aromatic nitrogens is 4. The molecule has 2 saturated heterocycles. The molecule has 0 saturated carbocycles. The summed E-state index contributed by atoms with van der Waals surface area (Å²) in [7, 11) is 1.52. The SMILES string of the molecule is COc1cc(F)cnc1N1CCC(c2nnc3n2-c2ccc(Cl)cc2CN(CC2(F)COC2)C3)CC1. The highest BCUT2D eigenvalue weighted by atomic mass is 35.5. The van der Waals surface area contributed by atoms with Gasteiger partial charge in [0.05, 0.1) is 38.8 Å². The molecule has 2 aromatic heterocycles. The number of hydrogen-bond acceptors (Lipinski definition) is 7. The van der Waals surface area contributed by atoms with Crippen LogP contribution in [0.2, 0.25) is 5.02 Å². The number of fused-ring (bicyclic) bond motifs is 3. The van der Waals surface area contributed by atoms with Crippen molar-refractivity contribution in [1.29, 1.82) is 0 Å². The first kappa shape index (κ1) is 23.6. The summed E-state index contributed by atoms with van der Waals surface area (Å²) in [5, 5.41) is 9.81. The molecule has 36 heavy (non-hydrogen) atoms. The third-order valence-electron chi connectivity index (χ3n) is 7.20. The number of pyridine rings is 1. The molecule has 1 aromatic carbocycles. The zero-order valence-corrected chi connectivity index (χ0v) is 20.7. The van der Waals surface area contributed by atoms with Crippen LogP contribution in [0.4, 0.5) is 14.6 Å². The van der Waals surface area contributed by atoms with Crippen LogP contribution in [0.15, 0.2) is 30.5 Å². The first-order valence-electron chi connectivity index (χ1n) is 12.1. The van der Waals surface area contributed by atoms with E-state index in [1.807, 2.05) is 18.2 Å². The number of nitrogens with zero attached hydrogens (tertiary/aromatic N) is 6. The topological polar surface area (TPSA) is 68.5 Å². The fourth-order valence-corrected chi connectivity index (χ4v) is 5.63. The van der Waals surface area contributed by atoms with Crippen LogP contribution >= 0.6 is 11.6 Å². The van der Waals surface area contributed by atoms with Crippen LogP contribution in [-0.4, -0.2) is 70.3 Å². The number of halogens is 3. The average Bonchev–Trinajstić information content (AvgIpc) is 3.19. The van der Waals surface area contributed by atoms with E-state index in [-0.39, 0.29) is 25.7 Å². The second kappa shape index (κ2) is 9.24. The van der Waals surface area contributed by atoms with Crippen molar-refractivity contribution >= 4 is 17.4 Å². The van der Waals surface area contributed by atoms with Gasteiger partial charge in [0.25, 0.3) is 0 Å². The smallest absolute Gasteiger partial charge is 0.171 e. The van der Waals surface area contributed by atoms with Crippen LogP contribution in [0.5, 0.6) is 5.75 Å². The maximum Gasteiger partial charge on any atom is 0.171 e. The molecule has 0 aliphatic carbocycles. The van der Waals surface area contributed by atoms with Gasteiger partial charge in [-0.25, -0.2) is 13.8 Å². The molecule has 3 aliphatic heterocycles. The van der Waals surface area contributed by atoms with Crippen LogP contribution in [0.25, 0.3) is 5.69 Å². The minimum absolute atomic E-state index is 0.121. The predicted molar refractivity (Wildman–Crippen MR) is 130 cm³/mol. The number of methoxy groups -OCH3 is 1. The minimum Gasteiger partial charge on any atom is -0.493 e. The Balaban J connectivity index is 1.27. The molecule has 3 aliphatic rings. The van der Waals surface area contributed by atoms with E-state index in [2.05, 4.69) is 29.5 Å². The van der Waals surface area contributed by atoms with Crippen LogP contribution < -0.4 is 9.64 Å². The molecule has 0 unspecified atom stereocenters. The Morgan fingerprint density at radius 1 is 1.17 bits per heavy atom. The number of ether oxygens (including phenoxy) is 2. The summed E-state index contributed by atoms with van der Waals surface area (Å²) < 4.78 is 41.1. The van der Waals surface area contributed by atoms with Gasteiger partial charge in [0.1, 0.15) is 11.6 Å². The highest BCUT2D eigenvalue weighted by Gasteiger charge is 2.41. The molecule has 5 heterocycles. The maximum absolute atomic E-state index is 14.9. The third kappa shape index (κ3) is 4.31. The predicted octanol–water partition coefficient (Wildman–Crippen LogP) is 3.90. The largest absolute Gasteiger partial charge is 0.493 e. The normalized spacial score (nSPS) is 19.8. The van der Waals surface area contributed by atoms with Gasteiger partial charge in [-0.05, 0) is 36.6 Å². The van der Waals surface area contributed by atoms with Gasteiger partial charge in [0.2, 0.25) is 0 Å². The molecule has 11 heteroatoms. The summed E-state index contributed by atoms with van der Waals surface area (Å²) in [4.78, 5) is 8.44. The van der Waals surface area contributed by atoms with E-state index in [9.17, 15) is 8.78 Å². The molecule has 0 radical (unpaired) electrons. The highest BCUT2D eigenvalue weighted by molar-refractivity contribution is 6.30. The van der Waals surface area contributed by atoms with Crippen LogP contribution in [-0.2, 0) is 17.8 Å². The van der Waals surface area contributed by atoms with Gasteiger partial charge in [-0.3, -0.25) is 9.47 Å². The van der Waals surface area contributed by atoms with Crippen molar-refractivity contribution in [2.24, 2.45) is 0 Å². The summed E-state index contributed by atoms with van der Waals surface area (Å²) in [6.45, 7) is 3.02. The van der Waals surface area contributed by atoms with Crippen molar-refractivity contribution in [3.8, 4) is 11.4 Å². The molecule has 8 nitrogen and oxygen atoms in total. The van der Waals surface area contributed by atoms with Crippen molar-refractivity contribution in [2.45, 2.75) is 37.5 Å². The Bertz CT molecular complexity index is 1280. The number of rotatable bonds is 5. The molecule has 3 aromatic rings. The molecular weight excluding hydrogens is 490 g/mol. The van der Waals surface area contributed by atoms with Crippen LogP contribution in [0, 0.1) is 5.82 Å². The summed E-state index contributed by atoms with van der Waals surface area (Å²) >= 11 is 6.35. The van der Waals surface area contributed by atoms with E-state index in [4.69, 9.17) is 21.1 Å². The molecule has 2 fully saturated rings. The van der Waals surface area contributed by atoms with E-state index < -0.39 is 11.5 Å². The van der Waals surface area contributed by atoms with E-state index in [1.54, 1.807) is 0 Å². The zero-order valence-electron chi connectivity index (χ0n) is 20.0. The van der Waals surface area contributed by atoms with Crippen LogP contribution in [0.3, 0.4) is 0 Å². The van der Waals surface area contributed by atoms with E-state index >= 15 is 0 Å². The monoisotopic (exact) mass is 516 g/mol. The lowest BCUT2D eigenvalue weighted by atomic mass is 9.95. The lowest BCUT2D eigenvalue weighted by molar-refractivity contribution is -0.142. The Hall–Kier alpha value is -2.82. The van der Waals surface area contributed by atoms with Gasteiger partial charge in [0.15, 0.2) is 23.1 Å². The van der Waals surface area contributed by atoms with Crippen molar-refractivity contribution in [1.82, 2.24) is 24.6 Å². The van der Waals surface area contributed by atoms with Crippen molar-refractivity contribution < 1.29 is 18.3 Å². The number of anilines is 1. The standard InChI is InChI=1S/C25H27ClF2N6O2/c1-35-21-9-19(27)10-29-24(21)33-6-4-16(5-7-33)23-31-30-22-12-32(13-25(28)14-36-15-25)11-17-8-18(26)2-3-20(17)34(22)23/h2-3,8-10,16H,4-7,11-15H2,1H3.